The van der Waals surface area contributed by atoms with Crippen molar-refractivity contribution in [3.8, 4) is 0 Å². The van der Waals surface area contributed by atoms with E-state index in [1.165, 1.54) is 6.20 Å². The van der Waals surface area contributed by atoms with Crippen molar-refractivity contribution in [1.82, 2.24) is 24.9 Å². The SMILES string of the molecule is Cc1ccc(C2CC(C(F)(F)F)n3ncc(C(=O)NCc4cn(C)nc4C)c3N2)cc1. The Balaban J connectivity index is 1.62. The van der Waals surface area contributed by atoms with Crippen LogP contribution in [0, 0.1) is 13.8 Å². The molecule has 31 heavy (non-hydrogen) atoms. The van der Waals surface area contributed by atoms with Gasteiger partial charge in [0.1, 0.15) is 11.4 Å². The first-order valence-corrected chi connectivity index (χ1v) is 9.88. The molecule has 0 fully saturated rings. The van der Waals surface area contributed by atoms with E-state index in [2.05, 4.69) is 20.8 Å². The first kappa shape index (κ1) is 21.0. The molecule has 0 aliphatic carbocycles. The van der Waals surface area contributed by atoms with Gasteiger partial charge < -0.3 is 10.6 Å². The summed E-state index contributed by atoms with van der Waals surface area (Å²) in [5.74, 6) is -0.429. The zero-order chi connectivity index (χ0) is 22.3. The number of halogens is 3. The number of carbonyl (C=O) groups excluding carboxylic acids is 1. The third kappa shape index (κ3) is 4.14. The molecule has 10 heteroatoms. The average molecular weight is 432 g/mol. The van der Waals surface area contributed by atoms with E-state index in [-0.39, 0.29) is 24.3 Å². The Bertz CT molecular complexity index is 1100. The highest BCUT2D eigenvalue weighted by Crippen LogP contribution is 2.44. The van der Waals surface area contributed by atoms with E-state index in [9.17, 15) is 18.0 Å². The quantitative estimate of drug-likeness (QED) is 0.657. The zero-order valence-corrected chi connectivity index (χ0v) is 17.4. The van der Waals surface area contributed by atoms with Crippen molar-refractivity contribution >= 4 is 11.7 Å². The summed E-state index contributed by atoms with van der Waals surface area (Å²) in [6, 6.07) is 4.90. The van der Waals surface area contributed by atoms with Gasteiger partial charge in [-0.3, -0.25) is 9.48 Å². The first-order valence-electron chi connectivity index (χ1n) is 9.88. The van der Waals surface area contributed by atoms with Crippen LogP contribution in [0.15, 0.2) is 36.7 Å². The van der Waals surface area contributed by atoms with Crippen LogP contribution < -0.4 is 10.6 Å². The molecule has 0 saturated carbocycles. The highest BCUT2D eigenvalue weighted by Gasteiger charge is 2.47. The van der Waals surface area contributed by atoms with Crippen molar-refractivity contribution in [2.75, 3.05) is 5.32 Å². The minimum atomic E-state index is -4.49. The van der Waals surface area contributed by atoms with Crippen LogP contribution in [-0.4, -0.2) is 31.6 Å². The summed E-state index contributed by atoms with van der Waals surface area (Å²) in [6.07, 6.45) is -1.73. The molecule has 0 saturated heterocycles. The molecule has 2 unspecified atom stereocenters. The number of benzene rings is 1. The fraction of sp³-hybridized carbons (Fsp3) is 0.381. The second-order valence-electron chi connectivity index (χ2n) is 7.85. The Morgan fingerprint density at radius 1 is 1.26 bits per heavy atom. The predicted octanol–water partition coefficient (Wildman–Crippen LogP) is 3.82. The van der Waals surface area contributed by atoms with Gasteiger partial charge in [0.15, 0.2) is 6.04 Å². The highest BCUT2D eigenvalue weighted by molar-refractivity contribution is 5.98. The summed E-state index contributed by atoms with van der Waals surface area (Å²) in [6.45, 7) is 3.95. The molecular formula is C21H23F3N6O. The number of aromatic nitrogens is 4. The van der Waals surface area contributed by atoms with Crippen LogP contribution in [0.4, 0.5) is 19.0 Å². The summed E-state index contributed by atoms with van der Waals surface area (Å²) in [4.78, 5) is 12.8. The van der Waals surface area contributed by atoms with Gasteiger partial charge in [0.25, 0.3) is 5.91 Å². The van der Waals surface area contributed by atoms with E-state index in [0.29, 0.717) is 0 Å². The Kier molecular flexibility index (Phi) is 5.24. The number of nitrogens with zero attached hydrogens (tertiary/aromatic N) is 4. The number of hydrogen-bond acceptors (Lipinski definition) is 4. The van der Waals surface area contributed by atoms with Gasteiger partial charge >= 0.3 is 6.18 Å². The van der Waals surface area contributed by atoms with Crippen molar-refractivity contribution in [2.45, 2.75) is 45.1 Å². The maximum atomic E-state index is 13.8. The first-order chi connectivity index (χ1) is 14.6. The van der Waals surface area contributed by atoms with Crippen molar-refractivity contribution in [3.05, 3.63) is 64.6 Å². The second-order valence-corrected chi connectivity index (χ2v) is 7.85. The normalized spacial score (nSPS) is 18.4. The summed E-state index contributed by atoms with van der Waals surface area (Å²) in [5.41, 5.74) is 3.42. The van der Waals surface area contributed by atoms with Crippen LogP contribution >= 0.6 is 0 Å². The van der Waals surface area contributed by atoms with E-state index in [1.54, 1.807) is 30.1 Å². The molecule has 0 radical (unpaired) electrons. The Hall–Kier alpha value is -3.30. The lowest BCUT2D eigenvalue weighted by Crippen LogP contribution is -2.36. The van der Waals surface area contributed by atoms with E-state index in [1.807, 2.05) is 26.0 Å². The lowest BCUT2D eigenvalue weighted by atomic mass is 9.96. The van der Waals surface area contributed by atoms with Gasteiger partial charge in [-0.2, -0.15) is 23.4 Å². The van der Waals surface area contributed by atoms with Crippen molar-refractivity contribution in [3.63, 3.8) is 0 Å². The van der Waals surface area contributed by atoms with Crippen LogP contribution in [0.25, 0.3) is 0 Å². The molecule has 3 aromatic rings. The van der Waals surface area contributed by atoms with Gasteiger partial charge in [0, 0.05) is 31.8 Å². The minimum Gasteiger partial charge on any atom is -0.363 e. The molecule has 1 aliphatic rings. The largest absolute Gasteiger partial charge is 0.410 e. The fourth-order valence-electron chi connectivity index (χ4n) is 3.84. The summed E-state index contributed by atoms with van der Waals surface area (Å²) >= 11 is 0. The number of alkyl halides is 3. The molecule has 3 heterocycles. The molecule has 1 amide bonds. The van der Waals surface area contributed by atoms with Gasteiger partial charge in [0.05, 0.1) is 17.9 Å². The standard InChI is InChI=1S/C21H23F3N6O/c1-12-4-6-14(7-5-12)17-8-18(21(22,23)24)30-19(27-17)16(10-26-30)20(31)25-9-15-11-29(3)28-13(15)2/h4-7,10-11,17-18,27H,8-9H2,1-3H3,(H,25,31). The van der Waals surface area contributed by atoms with Crippen LogP contribution in [0.2, 0.25) is 0 Å². The summed E-state index contributed by atoms with van der Waals surface area (Å²) in [7, 11) is 1.78. The number of carbonyl (C=O) groups is 1. The molecule has 7 nitrogen and oxygen atoms in total. The van der Waals surface area contributed by atoms with E-state index in [0.717, 1.165) is 27.1 Å². The molecule has 0 bridgehead atoms. The maximum Gasteiger partial charge on any atom is 0.410 e. The molecule has 2 N–H and O–H groups in total. The van der Waals surface area contributed by atoms with Crippen molar-refractivity contribution in [1.29, 1.82) is 0 Å². The number of aryl methyl sites for hydroxylation is 3. The molecule has 1 aromatic carbocycles. The predicted molar refractivity (Wildman–Crippen MR) is 109 cm³/mol. The number of rotatable bonds is 4. The fourth-order valence-corrected chi connectivity index (χ4v) is 3.84. The van der Waals surface area contributed by atoms with E-state index >= 15 is 0 Å². The van der Waals surface area contributed by atoms with Gasteiger partial charge in [0.2, 0.25) is 0 Å². The van der Waals surface area contributed by atoms with Crippen LogP contribution in [0.1, 0.15) is 51.2 Å². The lowest BCUT2D eigenvalue weighted by molar-refractivity contribution is -0.173. The van der Waals surface area contributed by atoms with E-state index < -0.39 is 24.2 Å². The van der Waals surface area contributed by atoms with Crippen LogP contribution in [-0.2, 0) is 13.6 Å². The molecule has 2 aromatic heterocycles. The zero-order valence-electron chi connectivity index (χ0n) is 17.4. The monoisotopic (exact) mass is 432 g/mol. The van der Waals surface area contributed by atoms with Crippen LogP contribution in [0.5, 0.6) is 0 Å². The Morgan fingerprint density at radius 2 is 1.97 bits per heavy atom. The molecule has 4 rings (SSSR count). The Morgan fingerprint density at radius 3 is 2.58 bits per heavy atom. The molecule has 164 valence electrons. The third-order valence-corrected chi connectivity index (χ3v) is 5.52. The number of fused-ring (bicyclic) bond motifs is 1. The smallest absolute Gasteiger partial charge is 0.363 e. The van der Waals surface area contributed by atoms with E-state index in [4.69, 9.17) is 0 Å². The number of hydrogen-bond donors (Lipinski definition) is 2. The average Bonchev–Trinajstić information content (AvgIpc) is 3.27. The molecule has 1 aliphatic heterocycles. The number of nitrogens with one attached hydrogen (secondary N) is 2. The van der Waals surface area contributed by atoms with Gasteiger partial charge in [-0.05, 0) is 19.4 Å². The third-order valence-electron chi connectivity index (χ3n) is 5.52. The van der Waals surface area contributed by atoms with Gasteiger partial charge in [-0.15, -0.1) is 0 Å². The maximum absolute atomic E-state index is 13.8. The lowest BCUT2D eigenvalue weighted by Gasteiger charge is -2.34. The van der Waals surface area contributed by atoms with Crippen LogP contribution in [0.3, 0.4) is 0 Å². The molecular weight excluding hydrogens is 409 g/mol. The van der Waals surface area contributed by atoms with Gasteiger partial charge in [-0.1, -0.05) is 29.8 Å². The second kappa shape index (κ2) is 7.75. The van der Waals surface area contributed by atoms with Crippen molar-refractivity contribution in [2.24, 2.45) is 7.05 Å². The molecule has 0 spiro atoms. The highest BCUT2D eigenvalue weighted by atomic mass is 19.4. The van der Waals surface area contributed by atoms with Crippen molar-refractivity contribution < 1.29 is 18.0 Å². The topological polar surface area (TPSA) is 76.8 Å². The van der Waals surface area contributed by atoms with Gasteiger partial charge in [-0.25, -0.2) is 4.68 Å². The summed E-state index contributed by atoms with van der Waals surface area (Å²) < 4.78 is 43.9. The minimum absolute atomic E-state index is 0.0690. The molecule has 2 atom stereocenters. The number of amides is 1. The number of anilines is 1. The summed E-state index contributed by atoms with van der Waals surface area (Å²) in [5, 5.41) is 14.0. The Labute approximate surface area is 177 Å².